The van der Waals surface area contributed by atoms with E-state index in [0.29, 0.717) is 4.90 Å². The first-order valence-corrected chi connectivity index (χ1v) is 5.26. The highest BCUT2D eigenvalue weighted by Crippen LogP contribution is 2.23. The van der Waals surface area contributed by atoms with Gasteiger partial charge in [-0.1, -0.05) is 41.5 Å². The van der Waals surface area contributed by atoms with Crippen LogP contribution in [0.5, 0.6) is 0 Å². The second-order valence-electron chi connectivity index (χ2n) is 5.86. The summed E-state index contributed by atoms with van der Waals surface area (Å²) in [4.78, 5) is 35.8. The van der Waals surface area contributed by atoms with Gasteiger partial charge in [0, 0.05) is 10.8 Å². The number of nitrogens with zero attached hydrogens (tertiary/aromatic N) is 2. The zero-order chi connectivity index (χ0) is 14.0. The van der Waals surface area contributed by atoms with Gasteiger partial charge in [0.2, 0.25) is 11.8 Å². The monoisotopic (exact) mass is 238 g/mol. The molecule has 0 aliphatic rings. The highest BCUT2D eigenvalue weighted by atomic mass is 16.2. The molecule has 0 aliphatic heterocycles. The summed E-state index contributed by atoms with van der Waals surface area (Å²) in [5, 5.41) is 8.59. The zero-order valence-corrected chi connectivity index (χ0v) is 11.1. The van der Waals surface area contributed by atoms with E-state index in [1.165, 1.54) is 6.07 Å². The maximum Gasteiger partial charge on any atom is 0.338 e. The molecule has 0 N–H and O–H groups in total. The third kappa shape index (κ3) is 3.66. The lowest BCUT2D eigenvalue weighted by Gasteiger charge is -2.29. The molecule has 5 heteroatoms. The van der Waals surface area contributed by atoms with Crippen molar-refractivity contribution in [3.8, 4) is 6.07 Å². The van der Waals surface area contributed by atoms with Crippen molar-refractivity contribution in [3.05, 3.63) is 0 Å². The van der Waals surface area contributed by atoms with E-state index in [9.17, 15) is 14.4 Å². The smallest absolute Gasteiger partial charge is 0.273 e. The van der Waals surface area contributed by atoms with Gasteiger partial charge in [0.25, 0.3) is 0 Å². The van der Waals surface area contributed by atoms with Gasteiger partial charge in [-0.05, 0) is 0 Å². The molecule has 0 radical (unpaired) electrons. The third-order valence-electron chi connectivity index (χ3n) is 1.99. The molecule has 0 saturated heterocycles. The Labute approximate surface area is 101 Å². The maximum absolute atomic E-state index is 12.0. The Balaban J connectivity index is 5.50. The van der Waals surface area contributed by atoms with Crippen LogP contribution in [0.4, 0.5) is 0 Å². The highest BCUT2D eigenvalue weighted by molar-refractivity contribution is 6.17. The molecule has 0 aliphatic carbocycles. The molecule has 0 saturated carbocycles. The molecule has 0 fully saturated rings. The van der Waals surface area contributed by atoms with Crippen LogP contribution in [0, 0.1) is 22.2 Å². The first-order valence-electron chi connectivity index (χ1n) is 5.26. The van der Waals surface area contributed by atoms with Crippen LogP contribution in [0.1, 0.15) is 41.5 Å². The standard InChI is InChI=1S/C12H18N2O3/c1-11(2,3)9(16)14(8(15)7-13)10(17)12(4,5)6/h1-6H3. The van der Waals surface area contributed by atoms with E-state index in [0.717, 1.165) is 0 Å². The van der Waals surface area contributed by atoms with Crippen molar-refractivity contribution in [2.45, 2.75) is 41.5 Å². The van der Waals surface area contributed by atoms with E-state index in [-0.39, 0.29) is 0 Å². The van der Waals surface area contributed by atoms with Crippen LogP contribution in [0.15, 0.2) is 0 Å². The second kappa shape index (κ2) is 4.66. The number of rotatable bonds is 0. The first kappa shape index (κ1) is 15.3. The van der Waals surface area contributed by atoms with Crippen molar-refractivity contribution in [1.29, 1.82) is 5.26 Å². The van der Waals surface area contributed by atoms with E-state index in [4.69, 9.17) is 5.26 Å². The van der Waals surface area contributed by atoms with Crippen LogP contribution >= 0.6 is 0 Å². The molecule has 0 heterocycles. The zero-order valence-electron chi connectivity index (χ0n) is 11.1. The average Bonchev–Trinajstić information content (AvgIpc) is 2.14. The van der Waals surface area contributed by atoms with E-state index in [2.05, 4.69) is 0 Å². The van der Waals surface area contributed by atoms with E-state index >= 15 is 0 Å². The van der Waals surface area contributed by atoms with E-state index in [1.807, 2.05) is 0 Å². The Morgan fingerprint density at radius 3 is 1.35 bits per heavy atom. The van der Waals surface area contributed by atoms with Crippen molar-refractivity contribution < 1.29 is 14.4 Å². The molecule has 17 heavy (non-hydrogen) atoms. The molecule has 0 atom stereocenters. The van der Waals surface area contributed by atoms with Gasteiger partial charge in [-0.2, -0.15) is 5.26 Å². The Kier molecular flexibility index (Phi) is 4.19. The molecule has 0 aromatic heterocycles. The fourth-order valence-corrected chi connectivity index (χ4v) is 0.998. The number of carbonyl (C=O) groups excluding carboxylic acids is 3. The first-order chi connectivity index (χ1) is 7.42. The fourth-order valence-electron chi connectivity index (χ4n) is 0.998. The average molecular weight is 238 g/mol. The number of hydrogen-bond acceptors (Lipinski definition) is 4. The molecule has 0 aromatic carbocycles. The molecule has 0 aromatic rings. The molecule has 0 unspecified atom stereocenters. The Hall–Kier alpha value is -1.70. The number of carbonyl (C=O) groups is 3. The SMILES string of the molecule is CC(C)(C)C(=O)N(C(=O)C#N)C(=O)C(C)(C)C. The van der Waals surface area contributed by atoms with Crippen LogP contribution in [-0.4, -0.2) is 22.6 Å². The van der Waals surface area contributed by atoms with Crippen molar-refractivity contribution in [2.75, 3.05) is 0 Å². The van der Waals surface area contributed by atoms with Gasteiger partial charge in [0.15, 0.2) is 6.07 Å². The molecule has 94 valence electrons. The molecular weight excluding hydrogens is 220 g/mol. The highest BCUT2D eigenvalue weighted by Gasteiger charge is 2.40. The van der Waals surface area contributed by atoms with Gasteiger partial charge in [-0.15, -0.1) is 0 Å². The van der Waals surface area contributed by atoms with Crippen LogP contribution < -0.4 is 0 Å². The second-order valence-corrected chi connectivity index (χ2v) is 5.86. The Morgan fingerprint density at radius 1 is 0.882 bits per heavy atom. The molecule has 5 nitrogen and oxygen atoms in total. The van der Waals surface area contributed by atoms with Crippen molar-refractivity contribution in [1.82, 2.24) is 4.90 Å². The van der Waals surface area contributed by atoms with Gasteiger partial charge < -0.3 is 0 Å². The van der Waals surface area contributed by atoms with Gasteiger partial charge in [-0.3, -0.25) is 14.4 Å². The third-order valence-corrected chi connectivity index (χ3v) is 1.99. The van der Waals surface area contributed by atoms with Gasteiger partial charge in [-0.25, -0.2) is 4.90 Å². The van der Waals surface area contributed by atoms with Crippen LogP contribution in [-0.2, 0) is 14.4 Å². The van der Waals surface area contributed by atoms with Crippen molar-refractivity contribution in [3.63, 3.8) is 0 Å². The minimum absolute atomic E-state index is 0.444. The maximum atomic E-state index is 12.0. The van der Waals surface area contributed by atoms with E-state index < -0.39 is 28.6 Å². The predicted molar refractivity (Wildman–Crippen MR) is 61.4 cm³/mol. The quantitative estimate of drug-likeness (QED) is 0.599. The number of nitriles is 1. The minimum Gasteiger partial charge on any atom is -0.273 e. The Bertz CT molecular complexity index is 365. The van der Waals surface area contributed by atoms with E-state index in [1.54, 1.807) is 41.5 Å². The summed E-state index contributed by atoms with van der Waals surface area (Å²) < 4.78 is 0. The normalized spacial score (nSPS) is 11.6. The number of amides is 3. The van der Waals surface area contributed by atoms with Gasteiger partial charge in [0.05, 0.1) is 0 Å². The summed E-state index contributed by atoms with van der Waals surface area (Å²) in [5.41, 5.74) is -1.79. The summed E-state index contributed by atoms with van der Waals surface area (Å²) in [7, 11) is 0. The summed E-state index contributed by atoms with van der Waals surface area (Å²) in [6.07, 6.45) is 0. The lowest BCUT2D eigenvalue weighted by atomic mass is 9.90. The van der Waals surface area contributed by atoms with Crippen LogP contribution in [0.2, 0.25) is 0 Å². The summed E-state index contributed by atoms with van der Waals surface area (Å²) in [5.74, 6) is -2.46. The summed E-state index contributed by atoms with van der Waals surface area (Å²) in [6, 6.07) is 1.32. The molecule has 0 rings (SSSR count). The Morgan fingerprint density at radius 2 is 1.18 bits per heavy atom. The summed E-state index contributed by atoms with van der Waals surface area (Å²) >= 11 is 0. The van der Waals surface area contributed by atoms with Gasteiger partial charge >= 0.3 is 5.91 Å². The number of hydrogen-bond donors (Lipinski definition) is 0. The minimum atomic E-state index is -1.13. The lowest BCUT2D eigenvalue weighted by Crippen LogP contribution is -2.50. The van der Waals surface area contributed by atoms with Crippen LogP contribution in [0.25, 0.3) is 0 Å². The molecule has 0 spiro atoms. The largest absolute Gasteiger partial charge is 0.338 e. The van der Waals surface area contributed by atoms with Crippen LogP contribution in [0.3, 0.4) is 0 Å². The number of imide groups is 3. The fraction of sp³-hybridized carbons (Fsp3) is 0.667. The molecule has 3 amide bonds. The lowest BCUT2D eigenvalue weighted by molar-refractivity contribution is -0.159. The topological polar surface area (TPSA) is 78.2 Å². The molecule has 0 bridgehead atoms. The predicted octanol–water partition coefficient (Wildman–Crippen LogP) is 1.48. The van der Waals surface area contributed by atoms with Gasteiger partial charge in [0.1, 0.15) is 0 Å². The van der Waals surface area contributed by atoms with Crippen molar-refractivity contribution >= 4 is 17.7 Å². The molecular formula is C12H18N2O3. The summed E-state index contributed by atoms with van der Waals surface area (Å²) in [6.45, 7) is 9.52. The van der Waals surface area contributed by atoms with Crippen molar-refractivity contribution in [2.24, 2.45) is 10.8 Å².